The van der Waals surface area contributed by atoms with Crippen LogP contribution in [-0.4, -0.2) is 52.2 Å². The summed E-state index contributed by atoms with van der Waals surface area (Å²) in [5, 5.41) is 11.0. The second-order valence-electron chi connectivity index (χ2n) is 7.00. The summed E-state index contributed by atoms with van der Waals surface area (Å²) >= 11 is 1.56. The zero-order valence-electron chi connectivity index (χ0n) is 14.4. The normalized spacial score (nSPS) is 16.1. The molecule has 128 valence electrons. The molecule has 1 fully saturated rings. The Kier molecular flexibility index (Phi) is 4.80. The molecule has 0 N–H and O–H groups in total. The first-order chi connectivity index (χ1) is 11.4. The summed E-state index contributed by atoms with van der Waals surface area (Å²) in [7, 11) is 0. The van der Waals surface area contributed by atoms with Gasteiger partial charge in [0.05, 0.1) is 5.01 Å². The van der Waals surface area contributed by atoms with Gasteiger partial charge in [0.2, 0.25) is 0 Å². The fourth-order valence-electron chi connectivity index (χ4n) is 2.69. The Morgan fingerprint density at radius 1 is 1.21 bits per heavy atom. The maximum Gasteiger partial charge on any atom is 0.273 e. The molecular weight excluding hydrogens is 322 g/mol. The summed E-state index contributed by atoms with van der Waals surface area (Å²) in [5.74, 6) is 0.901. The van der Waals surface area contributed by atoms with Crippen LogP contribution in [0.4, 0.5) is 5.82 Å². The van der Waals surface area contributed by atoms with Gasteiger partial charge >= 0.3 is 0 Å². The highest BCUT2D eigenvalue weighted by atomic mass is 32.1. The van der Waals surface area contributed by atoms with E-state index in [1.54, 1.807) is 17.5 Å². The maximum atomic E-state index is 12.8. The van der Waals surface area contributed by atoms with Gasteiger partial charge < -0.3 is 9.80 Å². The molecular formula is C17H23N5OS. The molecule has 3 heterocycles. The van der Waals surface area contributed by atoms with Gasteiger partial charge in [-0.1, -0.05) is 20.8 Å². The minimum absolute atomic E-state index is 0.0231. The summed E-state index contributed by atoms with van der Waals surface area (Å²) in [6.07, 6.45) is 2.59. The lowest BCUT2D eigenvalue weighted by Crippen LogP contribution is -2.35. The average molecular weight is 345 g/mol. The number of aromatic nitrogens is 3. The van der Waals surface area contributed by atoms with E-state index in [1.165, 1.54) is 0 Å². The fourth-order valence-corrected chi connectivity index (χ4v) is 3.57. The lowest BCUT2D eigenvalue weighted by molar-refractivity contribution is 0.0761. The number of amides is 1. The van der Waals surface area contributed by atoms with Crippen LogP contribution < -0.4 is 4.90 Å². The van der Waals surface area contributed by atoms with Gasteiger partial charge in [-0.25, -0.2) is 4.98 Å². The Balaban J connectivity index is 1.67. The first-order valence-electron chi connectivity index (χ1n) is 8.23. The van der Waals surface area contributed by atoms with Crippen molar-refractivity contribution in [2.24, 2.45) is 0 Å². The topological polar surface area (TPSA) is 62.2 Å². The number of carbonyl (C=O) groups excluding carboxylic acids is 1. The molecule has 0 bridgehead atoms. The number of anilines is 1. The Morgan fingerprint density at radius 2 is 2.04 bits per heavy atom. The maximum absolute atomic E-state index is 12.8. The van der Waals surface area contributed by atoms with Crippen LogP contribution in [0.2, 0.25) is 0 Å². The van der Waals surface area contributed by atoms with Gasteiger partial charge in [-0.2, -0.15) is 5.10 Å². The summed E-state index contributed by atoms with van der Waals surface area (Å²) in [5.41, 5.74) is 0.544. The van der Waals surface area contributed by atoms with Crippen molar-refractivity contribution in [3.8, 4) is 0 Å². The van der Waals surface area contributed by atoms with Crippen molar-refractivity contribution >= 4 is 23.1 Å². The summed E-state index contributed by atoms with van der Waals surface area (Å²) in [6, 6.07) is 3.85. The predicted molar refractivity (Wildman–Crippen MR) is 95.6 cm³/mol. The van der Waals surface area contributed by atoms with E-state index in [1.807, 2.05) is 22.4 Å². The van der Waals surface area contributed by atoms with Crippen LogP contribution in [0, 0.1) is 0 Å². The van der Waals surface area contributed by atoms with Crippen molar-refractivity contribution in [3.63, 3.8) is 0 Å². The molecule has 0 aromatic carbocycles. The van der Waals surface area contributed by atoms with E-state index in [9.17, 15) is 4.79 Å². The number of nitrogens with zero attached hydrogens (tertiary/aromatic N) is 5. The highest BCUT2D eigenvalue weighted by Gasteiger charge is 2.25. The molecule has 1 aliphatic rings. The lowest BCUT2D eigenvalue weighted by atomic mass is 9.98. The summed E-state index contributed by atoms with van der Waals surface area (Å²) in [6.45, 7) is 9.42. The van der Waals surface area contributed by atoms with Gasteiger partial charge in [0.15, 0.2) is 5.82 Å². The van der Waals surface area contributed by atoms with E-state index in [2.05, 4.69) is 40.9 Å². The molecule has 24 heavy (non-hydrogen) atoms. The number of hydrogen-bond donors (Lipinski definition) is 0. The third-order valence-corrected chi connectivity index (χ3v) is 5.30. The average Bonchev–Trinajstić information content (AvgIpc) is 2.94. The summed E-state index contributed by atoms with van der Waals surface area (Å²) < 4.78 is 0. The zero-order valence-corrected chi connectivity index (χ0v) is 15.2. The zero-order chi connectivity index (χ0) is 17.2. The molecule has 0 unspecified atom stereocenters. The Morgan fingerprint density at radius 3 is 2.71 bits per heavy atom. The van der Waals surface area contributed by atoms with Crippen LogP contribution in [0.1, 0.15) is 42.7 Å². The quantitative estimate of drug-likeness (QED) is 0.837. The molecule has 1 saturated heterocycles. The molecule has 0 radical (unpaired) electrons. The molecule has 0 spiro atoms. The minimum atomic E-state index is -0.0231. The third-order valence-electron chi connectivity index (χ3n) is 4.03. The third kappa shape index (κ3) is 3.72. The van der Waals surface area contributed by atoms with Crippen LogP contribution in [0.25, 0.3) is 0 Å². The van der Waals surface area contributed by atoms with Crippen LogP contribution in [0.15, 0.2) is 23.7 Å². The highest BCUT2D eigenvalue weighted by Crippen LogP contribution is 2.26. The molecule has 0 aliphatic carbocycles. The predicted octanol–water partition coefficient (Wildman–Crippen LogP) is 2.58. The summed E-state index contributed by atoms with van der Waals surface area (Å²) in [4.78, 5) is 21.4. The highest BCUT2D eigenvalue weighted by molar-refractivity contribution is 7.10. The molecule has 7 heteroatoms. The monoisotopic (exact) mass is 345 g/mol. The van der Waals surface area contributed by atoms with Gasteiger partial charge in [0.1, 0.15) is 5.69 Å². The first kappa shape index (κ1) is 16.8. The fraction of sp³-hybridized carbons (Fsp3) is 0.529. The van der Waals surface area contributed by atoms with E-state index in [0.29, 0.717) is 12.2 Å². The second-order valence-corrected chi connectivity index (χ2v) is 7.86. The Bertz CT molecular complexity index is 695. The Hall–Kier alpha value is -2.02. The van der Waals surface area contributed by atoms with Gasteiger partial charge in [-0.15, -0.1) is 16.4 Å². The van der Waals surface area contributed by atoms with E-state index in [0.717, 1.165) is 36.9 Å². The van der Waals surface area contributed by atoms with Gasteiger partial charge in [0.25, 0.3) is 5.91 Å². The van der Waals surface area contributed by atoms with Crippen LogP contribution >= 0.6 is 11.3 Å². The second kappa shape index (κ2) is 6.84. The first-order valence-corrected chi connectivity index (χ1v) is 9.11. The standard InChI is InChI=1S/C17H23N5OS/c1-17(2,3)16-19-13(12-24-16)15(23)22-9-5-8-21(10-11-22)14-6-4-7-18-20-14/h4,6-7,12H,5,8-11H2,1-3H3. The van der Waals surface area contributed by atoms with Crippen molar-refractivity contribution < 1.29 is 4.79 Å². The van der Waals surface area contributed by atoms with Crippen molar-refractivity contribution in [2.75, 3.05) is 31.1 Å². The molecule has 3 rings (SSSR count). The lowest BCUT2D eigenvalue weighted by Gasteiger charge is -2.22. The molecule has 0 saturated carbocycles. The van der Waals surface area contributed by atoms with E-state index in [-0.39, 0.29) is 11.3 Å². The minimum Gasteiger partial charge on any atom is -0.353 e. The number of rotatable bonds is 2. The van der Waals surface area contributed by atoms with Crippen LogP contribution in [-0.2, 0) is 5.41 Å². The van der Waals surface area contributed by atoms with Gasteiger partial charge in [-0.3, -0.25) is 4.79 Å². The molecule has 2 aromatic heterocycles. The van der Waals surface area contributed by atoms with E-state index < -0.39 is 0 Å². The Labute approximate surface area is 146 Å². The van der Waals surface area contributed by atoms with Gasteiger partial charge in [0, 0.05) is 43.2 Å². The SMILES string of the molecule is CC(C)(C)c1nc(C(=O)N2CCCN(c3cccnn3)CC2)cs1. The number of thiazole rings is 1. The molecule has 1 aliphatic heterocycles. The van der Waals surface area contributed by atoms with Crippen molar-refractivity contribution in [1.82, 2.24) is 20.1 Å². The molecule has 1 amide bonds. The molecule has 6 nitrogen and oxygen atoms in total. The van der Waals surface area contributed by atoms with Crippen molar-refractivity contribution in [2.45, 2.75) is 32.6 Å². The molecule has 2 aromatic rings. The van der Waals surface area contributed by atoms with Crippen molar-refractivity contribution in [3.05, 3.63) is 34.4 Å². The number of carbonyl (C=O) groups is 1. The van der Waals surface area contributed by atoms with E-state index >= 15 is 0 Å². The molecule has 0 atom stereocenters. The largest absolute Gasteiger partial charge is 0.353 e. The smallest absolute Gasteiger partial charge is 0.273 e. The van der Waals surface area contributed by atoms with Gasteiger partial charge in [-0.05, 0) is 18.6 Å². The van der Waals surface area contributed by atoms with Crippen LogP contribution in [0.3, 0.4) is 0 Å². The number of hydrogen-bond acceptors (Lipinski definition) is 6. The van der Waals surface area contributed by atoms with Crippen LogP contribution in [0.5, 0.6) is 0 Å². The van der Waals surface area contributed by atoms with E-state index in [4.69, 9.17) is 0 Å². The van der Waals surface area contributed by atoms with Crippen molar-refractivity contribution in [1.29, 1.82) is 0 Å².